The Bertz CT molecular complexity index is 333. The number of aromatic nitrogens is 1. The van der Waals surface area contributed by atoms with Gasteiger partial charge in [-0.2, -0.15) is 4.34 Å². The second-order valence-corrected chi connectivity index (χ2v) is 11.1. The lowest BCUT2D eigenvalue weighted by Gasteiger charge is -2.10. The fourth-order valence-electron chi connectivity index (χ4n) is 0.873. The molecule has 1 rings (SSSR count). The molecule has 0 radical (unpaired) electrons. The van der Waals surface area contributed by atoms with Crippen molar-refractivity contribution in [3.63, 3.8) is 0 Å². The zero-order chi connectivity index (χ0) is 10.1. The molecule has 0 spiro atoms. The molecule has 0 fully saturated rings. The lowest BCUT2D eigenvalue weighted by molar-refractivity contribution is -0.505. The van der Waals surface area contributed by atoms with Gasteiger partial charge < -0.3 is 4.90 Å². The summed E-state index contributed by atoms with van der Waals surface area (Å²) in [5, 5.41) is 0. The van der Waals surface area contributed by atoms with E-state index in [0.29, 0.717) is 0 Å². The summed E-state index contributed by atoms with van der Waals surface area (Å²) in [7, 11) is 3.97. The van der Waals surface area contributed by atoms with Gasteiger partial charge in [0, 0.05) is 43.7 Å². The van der Waals surface area contributed by atoms with E-state index in [-0.39, 0.29) is 0 Å². The van der Waals surface area contributed by atoms with Crippen molar-refractivity contribution in [3.8, 4) is 0 Å². The molecule has 0 aliphatic heterocycles. The Morgan fingerprint density at radius 2 is 1.92 bits per heavy atom. The van der Waals surface area contributed by atoms with Gasteiger partial charge in [-0.3, -0.25) is 0 Å². The van der Waals surface area contributed by atoms with Gasteiger partial charge in [0.15, 0.2) is 12.4 Å². The van der Waals surface area contributed by atoms with Crippen molar-refractivity contribution in [2.24, 2.45) is 0 Å². The predicted molar refractivity (Wildman–Crippen MR) is 65.5 cm³/mol. The summed E-state index contributed by atoms with van der Waals surface area (Å²) in [6.45, 7) is 0. The Morgan fingerprint density at radius 1 is 1.46 bits per heavy atom. The predicted octanol–water partition coefficient (Wildman–Crippen LogP) is 2.28. The van der Waals surface area contributed by atoms with Gasteiger partial charge in [0.25, 0.3) is 0 Å². The third kappa shape index (κ3) is 3.13. The van der Waals surface area contributed by atoms with Crippen LogP contribution in [0.2, 0.25) is 0 Å². The van der Waals surface area contributed by atoms with Crippen molar-refractivity contribution >= 4 is 45.7 Å². The van der Waals surface area contributed by atoms with Gasteiger partial charge in [-0.05, 0) is 11.2 Å². The summed E-state index contributed by atoms with van der Waals surface area (Å²) < 4.78 is -0.406. The molecule has 0 saturated carbocycles. The van der Waals surface area contributed by atoms with Gasteiger partial charge in [-0.15, -0.1) is 0 Å². The molecule has 0 amide bonds. The van der Waals surface area contributed by atoms with Gasteiger partial charge in [-0.25, -0.2) is 0 Å². The first kappa shape index (κ1) is 11.3. The van der Waals surface area contributed by atoms with Gasteiger partial charge in [0.1, 0.15) is 0 Å². The molecule has 6 heteroatoms. The summed E-state index contributed by atoms with van der Waals surface area (Å²) in [5.41, 5.74) is 1.12. The molecule has 0 aliphatic rings. The molecule has 72 valence electrons. The van der Waals surface area contributed by atoms with Crippen LogP contribution in [0.5, 0.6) is 0 Å². The summed E-state index contributed by atoms with van der Waals surface area (Å²) in [6.07, 6.45) is 3.71. The summed E-state index contributed by atoms with van der Waals surface area (Å²) >= 11 is 15.2. The summed E-state index contributed by atoms with van der Waals surface area (Å²) in [6, 6.07) is 3.92. The van der Waals surface area contributed by atoms with E-state index < -0.39 is 4.74 Å². The Labute approximate surface area is 93.5 Å². The molecule has 0 aromatic carbocycles. The van der Waals surface area contributed by atoms with Gasteiger partial charge >= 0.3 is 4.74 Å². The molecule has 1 unspecified atom stereocenters. The SMILES string of the molecule is CN(C)c1cc[n+](P(=S)(S)Cl)cc1. The molecule has 0 aliphatic carbocycles. The van der Waals surface area contributed by atoms with Crippen molar-refractivity contribution in [2.75, 3.05) is 19.0 Å². The monoisotopic (exact) mass is 253 g/mol. The second-order valence-electron chi connectivity index (χ2n) is 2.80. The first-order valence-corrected chi connectivity index (χ1v) is 8.44. The molecular weight excluding hydrogens is 243 g/mol. The van der Waals surface area contributed by atoms with E-state index in [4.69, 9.17) is 23.0 Å². The zero-order valence-electron chi connectivity index (χ0n) is 7.38. The van der Waals surface area contributed by atoms with E-state index in [1.165, 1.54) is 0 Å². The Morgan fingerprint density at radius 3 is 2.23 bits per heavy atom. The Balaban J connectivity index is 3.01. The highest BCUT2D eigenvalue weighted by Gasteiger charge is 2.18. The first-order valence-electron chi connectivity index (χ1n) is 3.63. The lowest BCUT2D eigenvalue weighted by Crippen LogP contribution is -2.25. The molecule has 1 aromatic rings. The second kappa shape index (κ2) is 4.18. The van der Waals surface area contributed by atoms with Crippen LogP contribution in [0.4, 0.5) is 5.69 Å². The Hall–Kier alpha value is 0.240. The van der Waals surface area contributed by atoms with Crippen LogP contribution in [0, 0.1) is 0 Å². The fourth-order valence-corrected chi connectivity index (χ4v) is 2.32. The number of rotatable bonds is 2. The highest BCUT2D eigenvalue weighted by atomic mass is 35.7. The largest absolute Gasteiger partial charge is 0.377 e. The zero-order valence-corrected chi connectivity index (χ0v) is 10.7. The maximum Gasteiger partial charge on any atom is 0.332 e. The third-order valence-corrected chi connectivity index (χ3v) is 4.14. The average Bonchev–Trinajstić information content (AvgIpc) is 2.03. The molecule has 1 aromatic heterocycles. The van der Waals surface area contributed by atoms with E-state index >= 15 is 0 Å². The highest BCUT2D eigenvalue weighted by Crippen LogP contribution is 2.50. The van der Waals surface area contributed by atoms with E-state index in [2.05, 4.69) is 12.2 Å². The van der Waals surface area contributed by atoms with E-state index in [9.17, 15) is 0 Å². The minimum atomic E-state index is -2.17. The topological polar surface area (TPSA) is 7.12 Å². The fraction of sp³-hybridized carbons (Fsp3) is 0.286. The number of pyridine rings is 1. The Kier molecular flexibility index (Phi) is 3.64. The first-order chi connectivity index (χ1) is 5.91. The number of thiol groups is 1. The van der Waals surface area contributed by atoms with E-state index in [1.807, 2.05) is 43.5 Å². The van der Waals surface area contributed by atoms with Crippen molar-refractivity contribution in [1.82, 2.24) is 0 Å². The molecule has 13 heavy (non-hydrogen) atoms. The van der Waals surface area contributed by atoms with Crippen LogP contribution in [-0.2, 0) is 11.8 Å². The standard InChI is InChI=1S/C7H10ClN2PS2/c1-9(2)7-3-5-10(6-4-7)11(8,12)13/h3-6H,1-2H3/p+1. The van der Waals surface area contributed by atoms with Gasteiger partial charge in [0.2, 0.25) is 0 Å². The van der Waals surface area contributed by atoms with Crippen LogP contribution in [0.1, 0.15) is 0 Å². The van der Waals surface area contributed by atoms with Crippen LogP contribution < -0.4 is 9.24 Å². The third-order valence-electron chi connectivity index (χ3n) is 1.60. The average molecular weight is 254 g/mol. The molecular formula is C7H11ClN2PS2+. The van der Waals surface area contributed by atoms with Crippen LogP contribution in [0.25, 0.3) is 0 Å². The molecule has 1 heterocycles. The molecule has 0 bridgehead atoms. The normalized spacial score (nSPS) is 15.1. The minimum Gasteiger partial charge on any atom is -0.377 e. The molecule has 1 atom stereocenters. The number of hydrogen-bond donors (Lipinski definition) is 1. The number of halogens is 1. The van der Waals surface area contributed by atoms with Crippen LogP contribution in [0.3, 0.4) is 0 Å². The smallest absolute Gasteiger partial charge is 0.332 e. The van der Waals surface area contributed by atoms with E-state index in [1.54, 1.807) is 4.34 Å². The summed E-state index contributed by atoms with van der Waals surface area (Å²) in [4.78, 5) is 2.01. The van der Waals surface area contributed by atoms with Crippen molar-refractivity contribution in [2.45, 2.75) is 0 Å². The van der Waals surface area contributed by atoms with Crippen LogP contribution in [0.15, 0.2) is 24.5 Å². The van der Waals surface area contributed by atoms with Crippen LogP contribution in [-0.4, -0.2) is 14.1 Å². The van der Waals surface area contributed by atoms with Crippen LogP contribution >= 0.6 is 28.2 Å². The van der Waals surface area contributed by atoms with Gasteiger partial charge in [0.05, 0.1) is 0 Å². The van der Waals surface area contributed by atoms with Gasteiger partial charge in [-0.1, -0.05) is 12.2 Å². The number of anilines is 1. The van der Waals surface area contributed by atoms with Crippen molar-refractivity contribution in [3.05, 3.63) is 24.5 Å². The quantitative estimate of drug-likeness (QED) is 0.639. The minimum absolute atomic E-state index is 1.12. The van der Waals surface area contributed by atoms with E-state index in [0.717, 1.165) is 5.69 Å². The highest BCUT2D eigenvalue weighted by molar-refractivity contribution is 8.69. The maximum absolute atomic E-state index is 5.93. The molecule has 0 saturated heterocycles. The summed E-state index contributed by atoms with van der Waals surface area (Å²) in [5.74, 6) is 0. The van der Waals surface area contributed by atoms with Crippen molar-refractivity contribution < 1.29 is 4.34 Å². The number of hydrogen-bond acceptors (Lipinski definition) is 2. The molecule has 0 N–H and O–H groups in total. The van der Waals surface area contributed by atoms with Crippen molar-refractivity contribution in [1.29, 1.82) is 0 Å². The lowest BCUT2D eigenvalue weighted by atomic mass is 10.4. The maximum atomic E-state index is 5.93. The molecule has 2 nitrogen and oxygen atoms in total. The number of nitrogens with zero attached hydrogens (tertiary/aromatic N) is 2.